The van der Waals surface area contributed by atoms with Crippen molar-refractivity contribution in [2.24, 2.45) is 5.92 Å². The molecule has 2 rings (SSSR count). The molecule has 0 aromatic carbocycles. The summed E-state index contributed by atoms with van der Waals surface area (Å²) in [6.07, 6.45) is -0.753. The van der Waals surface area contributed by atoms with Crippen LogP contribution in [0.4, 0.5) is 11.8 Å². The van der Waals surface area contributed by atoms with Gasteiger partial charge in [0.05, 0.1) is 19.0 Å². The molecule has 0 saturated carbocycles. The second kappa shape index (κ2) is 6.23. The molecule has 1 fully saturated rings. The first-order valence-corrected chi connectivity index (χ1v) is 8.35. The summed E-state index contributed by atoms with van der Waals surface area (Å²) in [5.41, 5.74) is 5.62. The molecule has 1 aliphatic heterocycles. The molecule has 0 unspecified atom stereocenters. The van der Waals surface area contributed by atoms with Crippen LogP contribution in [0.25, 0.3) is 0 Å². The molecule has 1 aliphatic rings. The standard InChI is InChI=1S/C12H21N5O4S/c1-16(2)22(19,20)7-8-5-17(6-9(8)18)10-4-11(21-3)15-12(13)14-10/h4,8-9,18H,5-7H2,1-3H3,(H2,13,14,15)/t8-,9+/m0/s1. The summed E-state index contributed by atoms with van der Waals surface area (Å²) in [6, 6.07) is 1.60. The molecular formula is C12H21N5O4S. The third-order valence-electron chi connectivity index (χ3n) is 3.63. The second-order valence-electron chi connectivity index (χ2n) is 5.42. The third-order valence-corrected chi connectivity index (χ3v) is 5.59. The average Bonchev–Trinajstić information content (AvgIpc) is 2.78. The lowest BCUT2D eigenvalue weighted by molar-refractivity contribution is 0.157. The molecule has 0 radical (unpaired) electrons. The molecule has 0 bridgehead atoms. The zero-order valence-electron chi connectivity index (χ0n) is 12.8. The molecule has 2 heterocycles. The lowest BCUT2D eigenvalue weighted by Crippen LogP contribution is -2.33. The first-order chi connectivity index (χ1) is 10.2. The van der Waals surface area contributed by atoms with Crippen molar-refractivity contribution in [3.8, 4) is 5.88 Å². The van der Waals surface area contributed by atoms with Crippen molar-refractivity contribution in [1.29, 1.82) is 0 Å². The van der Waals surface area contributed by atoms with E-state index in [2.05, 4.69) is 9.97 Å². The number of sulfonamides is 1. The van der Waals surface area contributed by atoms with E-state index in [1.807, 2.05) is 0 Å². The maximum Gasteiger partial charge on any atom is 0.225 e. The summed E-state index contributed by atoms with van der Waals surface area (Å²) in [4.78, 5) is 9.78. The number of hydrogen-bond acceptors (Lipinski definition) is 8. The number of β-amino-alcohol motifs (C(OH)–C–C–N with tert-alkyl or cyclic N) is 1. The fourth-order valence-corrected chi connectivity index (χ4v) is 3.49. The van der Waals surface area contributed by atoms with Crippen molar-refractivity contribution in [3.05, 3.63) is 6.07 Å². The minimum atomic E-state index is -3.38. The van der Waals surface area contributed by atoms with E-state index in [0.29, 0.717) is 18.2 Å². The summed E-state index contributed by atoms with van der Waals surface area (Å²) in [5, 5.41) is 10.1. The molecule has 9 nitrogen and oxygen atoms in total. The van der Waals surface area contributed by atoms with Gasteiger partial charge in [0.1, 0.15) is 5.82 Å². The summed E-state index contributed by atoms with van der Waals surface area (Å²) in [7, 11) is 1.05. The van der Waals surface area contributed by atoms with E-state index in [0.717, 1.165) is 4.31 Å². The molecule has 0 aliphatic carbocycles. The van der Waals surface area contributed by atoms with Gasteiger partial charge in [-0.05, 0) is 0 Å². The highest BCUT2D eigenvalue weighted by Gasteiger charge is 2.36. The zero-order chi connectivity index (χ0) is 16.5. The largest absolute Gasteiger partial charge is 0.481 e. The highest BCUT2D eigenvalue weighted by atomic mass is 32.2. The van der Waals surface area contributed by atoms with Gasteiger partial charge >= 0.3 is 0 Å². The van der Waals surface area contributed by atoms with E-state index in [-0.39, 0.29) is 18.2 Å². The predicted octanol–water partition coefficient (Wildman–Crippen LogP) is -1.24. The van der Waals surface area contributed by atoms with Crippen LogP contribution in [-0.2, 0) is 10.0 Å². The summed E-state index contributed by atoms with van der Waals surface area (Å²) >= 11 is 0. The Bertz CT molecular complexity index is 636. The van der Waals surface area contributed by atoms with Crippen LogP contribution in [0.5, 0.6) is 5.88 Å². The van der Waals surface area contributed by atoms with Crippen LogP contribution in [0.2, 0.25) is 0 Å². The van der Waals surface area contributed by atoms with Gasteiger partial charge in [0, 0.05) is 39.2 Å². The van der Waals surface area contributed by atoms with Gasteiger partial charge in [0.25, 0.3) is 0 Å². The molecule has 124 valence electrons. The lowest BCUT2D eigenvalue weighted by atomic mass is 10.1. The van der Waals surface area contributed by atoms with E-state index in [1.165, 1.54) is 21.2 Å². The van der Waals surface area contributed by atoms with Crippen molar-refractivity contribution in [1.82, 2.24) is 14.3 Å². The Balaban J connectivity index is 2.15. The Kier molecular flexibility index (Phi) is 4.73. The summed E-state index contributed by atoms with van der Waals surface area (Å²) in [6.45, 7) is 0.654. The molecule has 0 amide bonds. The highest BCUT2D eigenvalue weighted by molar-refractivity contribution is 7.89. The van der Waals surface area contributed by atoms with Gasteiger partial charge in [-0.3, -0.25) is 0 Å². The number of hydrogen-bond donors (Lipinski definition) is 2. The van der Waals surface area contributed by atoms with E-state index in [4.69, 9.17) is 10.5 Å². The molecule has 1 aromatic heterocycles. The minimum Gasteiger partial charge on any atom is -0.481 e. The van der Waals surface area contributed by atoms with Crippen LogP contribution in [-0.4, -0.2) is 73.9 Å². The van der Waals surface area contributed by atoms with Crippen molar-refractivity contribution >= 4 is 21.8 Å². The number of aliphatic hydroxyl groups excluding tert-OH is 1. The van der Waals surface area contributed by atoms with Crippen LogP contribution in [0.3, 0.4) is 0 Å². The van der Waals surface area contributed by atoms with Crippen LogP contribution in [0, 0.1) is 5.92 Å². The van der Waals surface area contributed by atoms with Crippen molar-refractivity contribution < 1.29 is 18.3 Å². The first kappa shape index (κ1) is 16.7. The number of nitrogens with two attached hydrogens (primary N) is 1. The molecule has 1 saturated heterocycles. The maximum atomic E-state index is 12.0. The molecule has 10 heteroatoms. The number of nitrogens with zero attached hydrogens (tertiary/aromatic N) is 4. The van der Waals surface area contributed by atoms with E-state index < -0.39 is 22.0 Å². The van der Waals surface area contributed by atoms with Crippen LogP contribution < -0.4 is 15.4 Å². The van der Waals surface area contributed by atoms with Crippen LogP contribution in [0.15, 0.2) is 6.07 Å². The number of rotatable bonds is 5. The minimum absolute atomic E-state index is 0.0632. The Morgan fingerprint density at radius 1 is 1.45 bits per heavy atom. The van der Waals surface area contributed by atoms with E-state index in [9.17, 15) is 13.5 Å². The summed E-state index contributed by atoms with van der Waals surface area (Å²) < 4.78 is 30.1. The normalized spacial score (nSPS) is 22.3. The predicted molar refractivity (Wildman–Crippen MR) is 82.2 cm³/mol. The molecule has 22 heavy (non-hydrogen) atoms. The van der Waals surface area contributed by atoms with Gasteiger partial charge in [-0.2, -0.15) is 9.97 Å². The Hall–Kier alpha value is -1.65. The molecular weight excluding hydrogens is 310 g/mol. The van der Waals surface area contributed by atoms with Gasteiger partial charge in [0.15, 0.2) is 0 Å². The fraction of sp³-hybridized carbons (Fsp3) is 0.667. The third kappa shape index (κ3) is 3.57. The number of methoxy groups -OCH3 is 1. The second-order valence-corrected chi connectivity index (χ2v) is 7.65. The van der Waals surface area contributed by atoms with Crippen molar-refractivity contribution in [3.63, 3.8) is 0 Å². The van der Waals surface area contributed by atoms with Gasteiger partial charge < -0.3 is 20.5 Å². The number of aromatic nitrogens is 2. The first-order valence-electron chi connectivity index (χ1n) is 6.74. The highest BCUT2D eigenvalue weighted by Crippen LogP contribution is 2.26. The van der Waals surface area contributed by atoms with Crippen LogP contribution in [0.1, 0.15) is 0 Å². The quantitative estimate of drug-likeness (QED) is 0.687. The average molecular weight is 331 g/mol. The molecule has 3 N–H and O–H groups in total. The number of nitrogen functional groups attached to an aromatic ring is 1. The topological polar surface area (TPSA) is 122 Å². The van der Waals surface area contributed by atoms with Crippen molar-refractivity contribution in [2.75, 3.05) is 50.7 Å². The number of ether oxygens (including phenoxy) is 1. The monoisotopic (exact) mass is 331 g/mol. The van der Waals surface area contributed by atoms with E-state index in [1.54, 1.807) is 11.0 Å². The molecule has 0 spiro atoms. The van der Waals surface area contributed by atoms with Crippen LogP contribution >= 0.6 is 0 Å². The molecule has 1 aromatic rings. The van der Waals surface area contributed by atoms with E-state index >= 15 is 0 Å². The Morgan fingerprint density at radius 2 is 2.14 bits per heavy atom. The number of aliphatic hydroxyl groups is 1. The maximum absolute atomic E-state index is 12.0. The van der Waals surface area contributed by atoms with Gasteiger partial charge in [-0.15, -0.1) is 0 Å². The molecule has 2 atom stereocenters. The lowest BCUT2D eigenvalue weighted by Gasteiger charge is -2.18. The zero-order valence-corrected chi connectivity index (χ0v) is 13.6. The summed E-state index contributed by atoms with van der Waals surface area (Å²) in [5.74, 6) is 0.382. The van der Waals surface area contributed by atoms with Gasteiger partial charge in [-0.25, -0.2) is 12.7 Å². The fourth-order valence-electron chi connectivity index (χ4n) is 2.32. The SMILES string of the molecule is COc1cc(N2C[C@@H](CS(=O)(=O)N(C)C)[C@H](O)C2)nc(N)n1. The van der Waals surface area contributed by atoms with Gasteiger partial charge in [0.2, 0.25) is 21.9 Å². The van der Waals surface area contributed by atoms with Crippen molar-refractivity contribution in [2.45, 2.75) is 6.10 Å². The smallest absolute Gasteiger partial charge is 0.225 e. The Morgan fingerprint density at radius 3 is 2.73 bits per heavy atom. The van der Waals surface area contributed by atoms with Gasteiger partial charge in [-0.1, -0.05) is 0 Å². The Labute approximate surface area is 129 Å². The number of anilines is 2.